The van der Waals surface area contributed by atoms with E-state index in [2.05, 4.69) is 6.58 Å². The van der Waals surface area contributed by atoms with Gasteiger partial charge in [0.05, 0.1) is 0 Å². The van der Waals surface area contributed by atoms with Crippen molar-refractivity contribution in [3.05, 3.63) is 35.0 Å². The third kappa shape index (κ3) is 2.20. The Kier molecular flexibility index (Phi) is 2.86. The summed E-state index contributed by atoms with van der Waals surface area (Å²) in [6.07, 6.45) is 1.55. The maximum atomic E-state index is 11.0. The Hall–Kier alpha value is -1.09. The first kappa shape index (κ1) is 8.01. The number of esters is 1. The molecule has 0 aromatic carbocycles. The van der Waals surface area contributed by atoms with Gasteiger partial charge in [-0.25, -0.2) is 4.79 Å². The highest BCUT2D eigenvalue weighted by Gasteiger charge is 2.05. The van der Waals surface area contributed by atoms with Crippen molar-refractivity contribution < 1.29 is 9.53 Å². The second kappa shape index (κ2) is 3.93. The molecular formula is C8H8O2S. The number of hydrogen-bond acceptors (Lipinski definition) is 3. The quantitative estimate of drug-likeness (QED) is 0.510. The van der Waals surface area contributed by atoms with Gasteiger partial charge in [-0.2, -0.15) is 0 Å². The normalized spacial score (nSPS) is 9.09. The smallest absolute Gasteiger partial charge is 0.348 e. The van der Waals surface area contributed by atoms with Gasteiger partial charge in [0.25, 0.3) is 0 Å². The Balaban J connectivity index is 2.49. The largest absolute Gasteiger partial charge is 0.457 e. The van der Waals surface area contributed by atoms with Crippen LogP contribution in [-0.2, 0) is 4.74 Å². The highest BCUT2D eigenvalue weighted by molar-refractivity contribution is 7.11. The summed E-state index contributed by atoms with van der Waals surface area (Å²) in [6.45, 7) is 3.71. The molecule has 0 bridgehead atoms. The van der Waals surface area contributed by atoms with Crippen LogP contribution in [0, 0.1) is 0 Å². The van der Waals surface area contributed by atoms with Gasteiger partial charge in [-0.05, 0) is 11.4 Å². The molecule has 0 saturated carbocycles. The minimum atomic E-state index is -0.278. The van der Waals surface area contributed by atoms with Crippen LogP contribution in [0.4, 0.5) is 0 Å². The van der Waals surface area contributed by atoms with Gasteiger partial charge < -0.3 is 4.74 Å². The molecule has 11 heavy (non-hydrogen) atoms. The fraction of sp³-hybridized carbons (Fsp3) is 0.125. The van der Waals surface area contributed by atoms with E-state index in [1.54, 1.807) is 12.1 Å². The molecule has 0 atom stereocenters. The van der Waals surface area contributed by atoms with Crippen LogP contribution in [0.3, 0.4) is 0 Å². The third-order valence-electron chi connectivity index (χ3n) is 1.05. The lowest BCUT2D eigenvalue weighted by molar-refractivity contribution is 0.0555. The zero-order valence-electron chi connectivity index (χ0n) is 5.95. The number of rotatable bonds is 3. The fourth-order valence-electron chi connectivity index (χ4n) is 0.600. The molecule has 0 radical (unpaired) electrons. The predicted octanol–water partition coefficient (Wildman–Crippen LogP) is 2.09. The van der Waals surface area contributed by atoms with Crippen molar-refractivity contribution >= 4 is 17.3 Å². The van der Waals surface area contributed by atoms with E-state index < -0.39 is 0 Å². The minimum Gasteiger partial charge on any atom is -0.457 e. The van der Waals surface area contributed by atoms with Crippen LogP contribution >= 0.6 is 11.3 Å². The molecular weight excluding hydrogens is 160 g/mol. The molecule has 1 heterocycles. The van der Waals surface area contributed by atoms with Gasteiger partial charge in [-0.3, -0.25) is 0 Å². The summed E-state index contributed by atoms with van der Waals surface area (Å²) in [5, 5.41) is 1.84. The van der Waals surface area contributed by atoms with Gasteiger partial charge >= 0.3 is 5.97 Å². The van der Waals surface area contributed by atoms with E-state index in [9.17, 15) is 4.79 Å². The van der Waals surface area contributed by atoms with E-state index in [4.69, 9.17) is 4.74 Å². The molecule has 1 aromatic rings. The first-order valence-electron chi connectivity index (χ1n) is 3.16. The standard InChI is InChI=1S/C8H8O2S/c1-2-5-10-8(9)7-4-3-6-11-7/h2-4,6H,1,5H2. The summed E-state index contributed by atoms with van der Waals surface area (Å²) in [6, 6.07) is 3.55. The van der Waals surface area contributed by atoms with E-state index in [0.717, 1.165) is 0 Å². The number of hydrogen-bond donors (Lipinski definition) is 0. The van der Waals surface area contributed by atoms with Crippen molar-refractivity contribution in [2.24, 2.45) is 0 Å². The molecule has 0 N–H and O–H groups in total. The lowest BCUT2D eigenvalue weighted by atomic mass is 10.5. The van der Waals surface area contributed by atoms with Crippen molar-refractivity contribution in [2.45, 2.75) is 0 Å². The molecule has 0 unspecified atom stereocenters. The summed E-state index contributed by atoms with van der Waals surface area (Å²) in [4.78, 5) is 11.6. The third-order valence-corrected chi connectivity index (χ3v) is 1.90. The van der Waals surface area contributed by atoms with Crippen LogP contribution in [0.15, 0.2) is 30.2 Å². The average Bonchev–Trinajstić information content (AvgIpc) is 2.52. The Morgan fingerprint density at radius 2 is 2.64 bits per heavy atom. The van der Waals surface area contributed by atoms with Gasteiger partial charge in [0.1, 0.15) is 11.5 Å². The first-order valence-corrected chi connectivity index (χ1v) is 4.04. The highest BCUT2D eigenvalue weighted by Crippen LogP contribution is 2.09. The van der Waals surface area contributed by atoms with Crippen molar-refractivity contribution in [3.8, 4) is 0 Å². The number of carbonyl (C=O) groups excluding carboxylic acids is 1. The zero-order chi connectivity index (χ0) is 8.10. The van der Waals surface area contributed by atoms with Crippen molar-refractivity contribution in [1.82, 2.24) is 0 Å². The Bertz CT molecular complexity index is 239. The monoisotopic (exact) mass is 168 g/mol. The van der Waals surface area contributed by atoms with Crippen LogP contribution in [0.25, 0.3) is 0 Å². The van der Waals surface area contributed by atoms with Crippen molar-refractivity contribution in [3.63, 3.8) is 0 Å². The van der Waals surface area contributed by atoms with Crippen molar-refractivity contribution in [2.75, 3.05) is 6.61 Å². The summed E-state index contributed by atoms with van der Waals surface area (Å²) >= 11 is 1.37. The Labute approximate surface area is 69.1 Å². The molecule has 0 fully saturated rings. The van der Waals surface area contributed by atoms with Gasteiger partial charge in [-0.15, -0.1) is 11.3 Å². The molecule has 1 rings (SSSR count). The van der Waals surface area contributed by atoms with Crippen LogP contribution < -0.4 is 0 Å². The van der Waals surface area contributed by atoms with E-state index in [0.29, 0.717) is 4.88 Å². The van der Waals surface area contributed by atoms with Crippen LogP contribution in [0.2, 0.25) is 0 Å². The maximum absolute atomic E-state index is 11.0. The number of ether oxygens (including phenoxy) is 1. The minimum absolute atomic E-state index is 0.275. The molecule has 0 amide bonds. The van der Waals surface area contributed by atoms with E-state index in [-0.39, 0.29) is 12.6 Å². The molecule has 2 nitrogen and oxygen atoms in total. The Morgan fingerprint density at radius 1 is 1.82 bits per heavy atom. The Morgan fingerprint density at radius 3 is 3.18 bits per heavy atom. The van der Waals surface area contributed by atoms with Gasteiger partial charge in [-0.1, -0.05) is 18.7 Å². The second-order valence-corrected chi connectivity index (χ2v) is 2.81. The fourth-order valence-corrected chi connectivity index (χ4v) is 1.22. The molecule has 0 spiro atoms. The summed E-state index contributed by atoms with van der Waals surface area (Å²) < 4.78 is 4.79. The lowest BCUT2D eigenvalue weighted by Crippen LogP contribution is -2.01. The van der Waals surface area contributed by atoms with E-state index >= 15 is 0 Å². The van der Waals surface area contributed by atoms with Crippen LogP contribution in [0.1, 0.15) is 9.67 Å². The number of thiophene rings is 1. The van der Waals surface area contributed by atoms with Crippen LogP contribution in [0.5, 0.6) is 0 Å². The average molecular weight is 168 g/mol. The highest BCUT2D eigenvalue weighted by atomic mass is 32.1. The molecule has 0 saturated heterocycles. The van der Waals surface area contributed by atoms with Crippen molar-refractivity contribution in [1.29, 1.82) is 0 Å². The molecule has 0 aliphatic heterocycles. The van der Waals surface area contributed by atoms with E-state index in [1.165, 1.54) is 11.3 Å². The van der Waals surface area contributed by atoms with Crippen LogP contribution in [-0.4, -0.2) is 12.6 Å². The topological polar surface area (TPSA) is 26.3 Å². The number of carbonyl (C=O) groups is 1. The molecule has 0 aliphatic carbocycles. The molecule has 0 aliphatic rings. The van der Waals surface area contributed by atoms with Gasteiger partial charge in [0.2, 0.25) is 0 Å². The van der Waals surface area contributed by atoms with Gasteiger partial charge in [0.15, 0.2) is 0 Å². The molecule has 3 heteroatoms. The SMILES string of the molecule is C=CCOC(=O)c1cccs1. The predicted molar refractivity (Wildman–Crippen MR) is 44.8 cm³/mol. The van der Waals surface area contributed by atoms with Gasteiger partial charge in [0, 0.05) is 0 Å². The van der Waals surface area contributed by atoms with E-state index in [1.807, 2.05) is 11.4 Å². The molecule has 58 valence electrons. The summed E-state index contributed by atoms with van der Waals surface area (Å²) in [5.41, 5.74) is 0. The molecule has 1 aromatic heterocycles. The second-order valence-electron chi connectivity index (χ2n) is 1.86. The maximum Gasteiger partial charge on any atom is 0.348 e. The first-order chi connectivity index (χ1) is 5.34. The zero-order valence-corrected chi connectivity index (χ0v) is 6.76. The lowest BCUT2D eigenvalue weighted by Gasteiger charge is -1.96. The summed E-state index contributed by atoms with van der Waals surface area (Å²) in [7, 11) is 0. The summed E-state index contributed by atoms with van der Waals surface area (Å²) in [5.74, 6) is -0.278.